The van der Waals surface area contributed by atoms with E-state index in [1.807, 2.05) is 0 Å². The van der Waals surface area contributed by atoms with Crippen molar-refractivity contribution in [3.05, 3.63) is 59.8 Å². The van der Waals surface area contributed by atoms with Gasteiger partial charge in [-0.2, -0.15) is 0 Å². The Morgan fingerprint density at radius 2 is 2.10 bits per heavy atom. The molecule has 2 aromatic rings. The number of halogens is 1. The molecule has 0 saturated heterocycles. The number of hydrogen-bond donors (Lipinski definition) is 2. The lowest BCUT2D eigenvalue weighted by Crippen LogP contribution is -2.42. The van der Waals surface area contributed by atoms with E-state index in [0.29, 0.717) is 30.8 Å². The second-order valence-corrected chi connectivity index (χ2v) is 4.81. The van der Waals surface area contributed by atoms with Crippen LogP contribution < -0.4 is 10.6 Å². The molecule has 1 aromatic heterocycles. The zero-order valence-corrected chi connectivity index (χ0v) is 11.9. The fourth-order valence-corrected chi connectivity index (χ4v) is 1.96. The minimum atomic E-state index is -0.341. The third-order valence-electron chi connectivity index (χ3n) is 3.21. The van der Waals surface area contributed by atoms with Crippen LogP contribution in [0, 0.1) is 5.82 Å². The molecular formula is C16H19FN2O2. The molecule has 2 rings (SSSR count). The number of amides is 1. The van der Waals surface area contributed by atoms with Crippen LogP contribution in [-0.2, 0) is 17.8 Å². The summed E-state index contributed by atoms with van der Waals surface area (Å²) in [4.78, 5) is 11.9. The Labute approximate surface area is 123 Å². The summed E-state index contributed by atoms with van der Waals surface area (Å²) < 4.78 is 18.6. The van der Waals surface area contributed by atoms with Crippen LogP contribution in [0.5, 0.6) is 0 Å². The molecule has 0 fully saturated rings. The van der Waals surface area contributed by atoms with E-state index in [2.05, 4.69) is 10.6 Å². The number of benzene rings is 1. The van der Waals surface area contributed by atoms with Gasteiger partial charge in [0.05, 0.1) is 18.8 Å². The summed E-state index contributed by atoms with van der Waals surface area (Å²) in [5, 5.41) is 5.85. The van der Waals surface area contributed by atoms with Gasteiger partial charge < -0.3 is 15.1 Å². The molecule has 0 aliphatic heterocycles. The summed E-state index contributed by atoms with van der Waals surface area (Å²) in [5.41, 5.74) is 0.646. The Balaban J connectivity index is 1.70. The van der Waals surface area contributed by atoms with E-state index in [-0.39, 0.29) is 17.8 Å². The van der Waals surface area contributed by atoms with Gasteiger partial charge in [0.15, 0.2) is 0 Å². The maximum atomic E-state index is 13.4. The minimum Gasteiger partial charge on any atom is -0.467 e. The standard InChI is InChI=1S/C16H19FN2O2/c1-12(16(20)19-11-14-6-4-10-21-14)18-9-8-13-5-2-3-7-15(13)17/h2-7,10,12,18H,8-9,11H2,1H3,(H,19,20). The van der Waals surface area contributed by atoms with Crippen molar-refractivity contribution in [3.63, 3.8) is 0 Å². The van der Waals surface area contributed by atoms with Gasteiger partial charge in [-0.3, -0.25) is 4.79 Å². The molecule has 2 N–H and O–H groups in total. The van der Waals surface area contributed by atoms with Gasteiger partial charge in [0, 0.05) is 6.54 Å². The minimum absolute atomic E-state index is 0.111. The number of nitrogens with one attached hydrogen (secondary N) is 2. The number of carbonyl (C=O) groups excluding carboxylic acids is 1. The number of rotatable bonds is 7. The summed E-state index contributed by atoms with van der Waals surface area (Å²) in [5.74, 6) is 0.385. The van der Waals surface area contributed by atoms with Crippen molar-refractivity contribution in [3.8, 4) is 0 Å². The van der Waals surface area contributed by atoms with Crippen molar-refractivity contribution in [2.45, 2.75) is 25.9 Å². The zero-order valence-electron chi connectivity index (χ0n) is 11.9. The number of furan rings is 1. The van der Waals surface area contributed by atoms with E-state index >= 15 is 0 Å². The van der Waals surface area contributed by atoms with Crippen LogP contribution in [0.3, 0.4) is 0 Å². The maximum absolute atomic E-state index is 13.4. The van der Waals surface area contributed by atoms with Gasteiger partial charge in [0.25, 0.3) is 0 Å². The highest BCUT2D eigenvalue weighted by Gasteiger charge is 2.12. The first-order valence-corrected chi connectivity index (χ1v) is 6.93. The molecule has 5 heteroatoms. The van der Waals surface area contributed by atoms with E-state index in [9.17, 15) is 9.18 Å². The van der Waals surface area contributed by atoms with Crippen LogP contribution >= 0.6 is 0 Å². The smallest absolute Gasteiger partial charge is 0.237 e. The van der Waals surface area contributed by atoms with Crippen molar-refractivity contribution >= 4 is 5.91 Å². The van der Waals surface area contributed by atoms with Crippen molar-refractivity contribution < 1.29 is 13.6 Å². The molecule has 1 aromatic carbocycles. The highest BCUT2D eigenvalue weighted by Crippen LogP contribution is 2.06. The third-order valence-corrected chi connectivity index (χ3v) is 3.21. The monoisotopic (exact) mass is 290 g/mol. The topological polar surface area (TPSA) is 54.3 Å². The lowest BCUT2D eigenvalue weighted by atomic mass is 10.1. The summed E-state index contributed by atoms with van der Waals surface area (Å²) in [6, 6.07) is 9.89. The normalized spacial score (nSPS) is 12.1. The fraction of sp³-hybridized carbons (Fsp3) is 0.312. The molecule has 0 saturated carbocycles. The average Bonchev–Trinajstić information content (AvgIpc) is 3.00. The second-order valence-electron chi connectivity index (χ2n) is 4.81. The van der Waals surface area contributed by atoms with Gasteiger partial charge in [-0.1, -0.05) is 18.2 Å². The van der Waals surface area contributed by atoms with Gasteiger partial charge in [0.1, 0.15) is 11.6 Å². The Kier molecular flexibility index (Phi) is 5.51. The highest BCUT2D eigenvalue weighted by molar-refractivity contribution is 5.81. The second kappa shape index (κ2) is 7.59. The van der Waals surface area contributed by atoms with Crippen LogP contribution in [0.4, 0.5) is 4.39 Å². The molecule has 21 heavy (non-hydrogen) atoms. The van der Waals surface area contributed by atoms with E-state index in [1.54, 1.807) is 43.5 Å². The average molecular weight is 290 g/mol. The van der Waals surface area contributed by atoms with Crippen LogP contribution in [-0.4, -0.2) is 18.5 Å². The van der Waals surface area contributed by atoms with E-state index in [1.165, 1.54) is 6.07 Å². The van der Waals surface area contributed by atoms with E-state index in [0.717, 1.165) is 0 Å². The third kappa shape index (κ3) is 4.72. The first-order chi connectivity index (χ1) is 10.2. The first-order valence-electron chi connectivity index (χ1n) is 6.93. The first kappa shape index (κ1) is 15.3. The van der Waals surface area contributed by atoms with Crippen molar-refractivity contribution in [1.82, 2.24) is 10.6 Å². The molecule has 0 aliphatic rings. The van der Waals surface area contributed by atoms with Crippen molar-refractivity contribution in [1.29, 1.82) is 0 Å². The lowest BCUT2D eigenvalue weighted by molar-refractivity contribution is -0.123. The molecule has 1 atom stereocenters. The van der Waals surface area contributed by atoms with Crippen molar-refractivity contribution in [2.75, 3.05) is 6.54 Å². The van der Waals surface area contributed by atoms with E-state index < -0.39 is 0 Å². The maximum Gasteiger partial charge on any atom is 0.237 e. The summed E-state index contributed by atoms with van der Waals surface area (Å²) >= 11 is 0. The Morgan fingerprint density at radius 3 is 2.81 bits per heavy atom. The zero-order chi connectivity index (χ0) is 15.1. The van der Waals surface area contributed by atoms with Gasteiger partial charge in [0.2, 0.25) is 5.91 Å². The number of carbonyl (C=O) groups is 1. The van der Waals surface area contributed by atoms with Gasteiger partial charge in [-0.25, -0.2) is 4.39 Å². The summed E-state index contributed by atoms with van der Waals surface area (Å²) in [6.45, 7) is 2.68. The van der Waals surface area contributed by atoms with Crippen LogP contribution in [0.2, 0.25) is 0 Å². The molecule has 1 amide bonds. The van der Waals surface area contributed by atoms with Gasteiger partial charge in [-0.15, -0.1) is 0 Å². The predicted octanol–water partition coefficient (Wildman–Crippen LogP) is 2.26. The van der Waals surface area contributed by atoms with Crippen LogP contribution in [0.1, 0.15) is 18.2 Å². The Hall–Kier alpha value is -2.14. The summed E-state index contributed by atoms with van der Waals surface area (Å²) in [6.07, 6.45) is 2.11. The largest absolute Gasteiger partial charge is 0.467 e. The molecule has 0 spiro atoms. The summed E-state index contributed by atoms with van der Waals surface area (Å²) in [7, 11) is 0. The van der Waals surface area contributed by atoms with Crippen LogP contribution in [0.15, 0.2) is 47.1 Å². The Morgan fingerprint density at radius 1 is 1.29 bits per heavy atom. The molecule has 4 nitrogen and oxygen atoms in total. The van der Waals surface area contributed by atoms with Gasteiger partial charge >= 0.3 is 0 Å². The molecule has 0 radical (unpaired) electrons. The Bertz CT molecular complexity index is 569. The van der Waals surface area contributed by atoms with Gasteiger partial charge in [-0.05, 0) is 37.1 Å². The molecule has 112 valence electrons. The number of hydrogen-bond acceptors (Lipinski definition) is 3. The molecule has 0 bridgehead atoms. The lowest BCUT2D eigenvalue weighted by Gasteiger charge is -2.13. The van der Waals surface area contributed by atoms with Crippen LogP contribution in [0.25, 0.3) is 0 Å². The highest BCUT2D eigenvalue weighted by atomic mass is 19.1. The quantitative estimate of drug-likeness (QED) is 0.822. The molecular weight excluding hydrogens is 271 g/mol. The molecule has 1 heterocycles. The predicted molar refractivity (Wildman–Crippen MR) is 78.1 cm³/mol. The van der Waals surface area contributed by atoms with Crippen molar-refractivity contribution in [2.24, 2.45) is 0 Å². The molecule has 0 aliphatic carbocycles. The SMILES string of the molecule is CC(NCCc1ccccc1F)C(=O)NCc1ccco1. The fourth-order valence-electron chi connectivity index (χ4n) is 1.96. The molecule has 1 unspecified atom stereocenters. The van der Waals surface area contributed by atoms with E-state index in [4.69, 9.17) is 4.42 Å².